The highest BCUT2D eigenvalue weighted by molar-refractivity contribution is 9.28. The van der Waals surface area contributed by atoms with E-state index in [0.29, 0.717) is 11.3 Å². The van der Waals surface area contributed by atoms with Crippen LogP contribution in [0.4, 0.5) is 4.39 Å². The number of nitrogens with zero attached hydrogens (tertiary/aromatic N) is 2. The van der Waals surface area contributed by atoms with Crippen molar-refractivity contribution in [2.45, 2.75) is 13.5 Å². The Labute approximate surface area is 156 Å². The molecule has 8 heteroatoms. The molecule has 1 amide bonds. The maximum atomic E-state index is 14.4. The quantitative estimate of drug-likeness (QED) is 0.713. The number of hydrogen-bond acceptors (Lipinski definition) is 3. The van der Waals surface area contributed by atoms with Crippen molar-refractivity contribution in [3.8, 4) is 5.75 Å². The van der Waals surface area contributed by atoms with Gasteiger partial charge in [-0.2, -0.15) is 5.10 Å². The molecule has 5 nitrogen and oxygen atoms in total. The molecule has 0 radical (unpaired) electrons. The van der Waals surface area contributed by atoms with Gasteiger partial charge in [0.1, 0.15) is 12.3 Å². The topological polar surface area (TPSA) is 56.1 Å². The van der Waals surface area contributed by atoms with Gasteiger partial charge in [-0.3, -0.25) is 9.48 Å². The van der Waals surface area contributed by atoms with Crippen LogP contribution in [0.5, 0.6) is 5.75 Å². The molecule has 0 fully saturated rings. The molecule has 0 aliphatic rings. The van der Waals surface area contributed by atoms with Gasteiger partial charge in [0, 0.05) is 19.2 Å². The van der Waals surface area contributed by atoms with Gasteiger partial charge >= 0.3 is 0 Å². The van der Waals surface area contributed by atoms with Crippen LogP contribution in [0.2, 0.25) is 0 Å². The maximum Gasteiger partial charge on any atom is 0.269 e. The Morgan fingerprint density at radius 1 is 1.46 bits per heavy atom. The average Bonchev–Trinajstić information content (AvgIpc) is 2.86. The van der Waals surface area contributed by atoms with Crippen molar-refractivity contribution in [1.82, 2.24) is 15.1 Å². The summed E-state index contributed by atoms with van der Waals surface area (Å²) >= 11 is 6.40. The van der Waals surface area contributed by atoms with E-state index in [9.17, 15) is 9.18 Å². The molecule has 1 N–H and O–H groups in total. The molecule has 2 aromatic rings. The molecule has 0 unspecified atom stereocenters. The van der Waals surface area contributed by atoms with Crippen LogP contribution < -0.4 is 10.1 Å². The van der Waals surface area contributed by atoms with E-state index < -0.39 is 5.82 Å². The predicted octanol–water partition coefficient (Wildman–Crippen LogP) is 3.81. The summed E-state index contributed by atoms with van der Waals surface area (Å²) in [5.74, 6) is -0.663. The number of rotatable bonds is 6. The lowest BCUT2D eigenvalue weighted by Crippen LogP contribution is -2.25. The van der Waals surface area contributed by atoms with E-state index in [0.717, 1.165) is 9.09 Å². The molecular formula is C16H16Br2FN3O2. The maximum absolute atomic E-state index is 14.4. The fraction of sp³-hybridized carbons (Fsp3) is 0.250. The average molecular weight is 461 g/mol. The third-order valence-corrected chi connectivity index (χ3v) is 3.84. The predicted molar refractivity (Wildman–Crippen MR) is 96.9 cm³/mol. The van der Waals surface area contributed by atoms with E-state index in [1.807, 2.05) is 0 Å². The van der Waals surface area contributed by atoms with Crippen molar-refractivity contribution >= 4 is 37.8 Å². The smallest absolute Gasteiger partial charge is 0.269 e. The number of amides is 1. The molecule has 0 aliphatic heterocycles. The summed E-state index contributed by atoms with van der Waals surface area (Å²) in [6, 6.07) is 6.50. The molecule has 24 heavy (non-hydrogen) atoms. The molecule has 0 atom stereocenters. The zero-order valence-electron chi connectivity index (χ0n) is 13.1. The number of hydrogen-bond donors (Lipinski definition) is 1. The molecule has 0 spiro atoms. The van der Waals surface area contributed by atoms with Gasteiger partial charge < -0.3 is 10.1 Å². The zero-order chi connectivity index (χ0) is 17.7. The number of halogens is 3. The van der Waals surface area contributed by atoms with E-state index in [4.69, 9.17) is 4.74 Å². The second-order valence-electron chi connectivity index (χ2n) is 5.01. The third kappa shape index (κ3) is 4.91. The SMILES string of the molecule is Cc1cc(C(=O)NCc2cccc(OCC=C(Br)Br)c2F)n(C)n1. The second kappa shape index (κ2) is 8.43. The Morgan fingerprint density at radius 3 is 2.83 bits per heavy atom. The van der Waals surface area contributed by atoms with Crippen LogP contribution in [-0.4, -0.2) is 22.3 Å². The minimum atomic E-state index is -0.488. The standard InChI is InChI=1S/C16H16Br2FN3O2/c1-10-8-12(22(2)21-10)16(23)20-9-11-4-3-5-13(15(11)19)24-7-6-14(17)18/h3-6,8H,7,9H2,1-2H3,(H,20,23). The minimum absolute atomic E-state index is 0.0596. The monoisotopic (exact) mass is 459 g/mol. The van der Waals surface area contributed by atoms with Crippen molar-refractivity contribution in [2.75, 3.05) is 6.61 Å². The van der Waals surface area contributed by atoms with Crippen LogP contribution in [-0.2, 0) is 13.6 Å². The molecule has 1 heterocycles. The molecule has 128 valence electrons. The normalized spacial score (nSPS) is 10.4. The summed E-state index contributed by atoms with van der Waals surface area (Å²) in [6.07, 6.45) is 1.71. The Kier molecular flexibility index (Phi) is 6.56. The number of nitrogens with one attached hydrogen (secondary N) is 1. The van der Waals surface area contributed by atoms with Crippen molar-refractivity contribution in [3.63, 3.8) is 0 Å². The first-order chi connectivity index (χ1) is 11.4. The summed E-state index contributed by atoms with van der Waals surface area (Å²) in [5, 5.41) is 6.80. The van der Waals surface area contributed by atoms with Gasteiger partial charge in [0.15, 0.2) is 11.6 Å². The summed E-state index contributed by atoms with van der Waals surface area (Å²) in [5.41, 5.74) is 1.52. The lowest BCUT2D eigenvalue weighted by atomic mass is 10.2. The largest absolute Gasteiger partial charge is 0.486 e. The molecule has 2 rings (SSSR count). The van der Waals surface area contributed by atoms with Crippen LogP contribution in [0.1, 0.15) is 21.7 Å². The number of aromatic nitrogens is 2. The Hall–Kier alpha value is -1.67. The van der Waals surface area contributed by atoms with Gasteiger partial charge in [0.25, 0.3) is 5.91 Å². The number of aryl methyl sites for hydroxylation is 2. The highest BCUT2D eigenvalue weighted by Crippen LogP contribution is 2.21. The number of ether oxygens (including phenoxy) is 1. The summed E-state index contributed by atoms with van der Waals surface area (Å²) in [7, 11) is 1.69. The number of benzene rings is 1. The van der Waals surface area contributed by atoms with E-state index >= 15 is 0 Å². The minimum Gasteiger partial charge on any atom is -0.486 e. The molecule has 0 aliphatic carbocycles. The fourth-order valence-electron chi connectivity index (χ4n) is 2.09. The lowest BCUT2D eigenvalue weighted by Gasteiger charge is -2.10. The number of carbonyl (C=O) groups is 1. The summed E-state index contributed by atoms with van der Waals surface area (Å²) in [6.45, 7) is 2.08. The van der Waals surface area contributed by atoms with Gasteiger partial charge in [-0.05, 0) is 57.0 Å². The molecule has 0 saturated carbocycles. The van der Waals surface area contributed by atoms with Crippen molar-refractivity contribution < 1.29 is 13.9 Å². The fourth-order valence-corrected chi connectivity index (χ4v) is 2.35. The number of carbonyl (C=O) groups excluding carboxylic acids is 1. The van der Waals surface area contributed by atoms with Crippen LogP contribution in [0.25, 0.3) is 0 Å². The van der Waals surface area contributed by atoms with Crippen molar-refractivity contribution in [2.24, 2.45) is 7.05 Å². The van der Waals surface area contributed by atoms with Crippen LogP contribution in [0.3, 0.4) is 0 Å². The van der Waals surface area contributed by atoms with Gasteiger partial charge in [0.2, 0.25) is 0 Å². The first-order valence-electron chi connectivity index (χ1n) is 7.08. The highest BCUT2D eigenvalue weighted by Gasteiger charge is 2.14. The molecule has 0 bridgehead atoms. The van der Waals surface area contributed by atoms with E-state index in [-0.39, 0.29) is 24.8 Å². The molecular weight excluding hydrogens is 445 g/mol. The first-order valence-corrected chi connectivity index (χ1v) is 8.67. The van der Waals surface area contributed by atoms with Gasteiger partial charge in [-0.25, -0.2) is 4.39 Å². The van der Waals surface area contributed by atoms with Gasteiger partial charge in [-0.15, -0.1) is 0 Å². The van der Waals surface area contributed by atoms with E-state index in [1.165, 1.54) is 4.68 Å². The Balaban J connectivity index is 2.03. The van der Waals surface area contributed by atoms with Crippen LogP contribution in [0.15, 0.2) is 33.7 Å². The van der Waals surface area contributed by atoms with Gasteiger partial charge in [0.05, 0.1) is 9.09 Å². The van der Waals surface area contributed by atoms with Gasteiger partial charge in [-0.1, -0.05) is 12.1 Å². The molecule has 1 aromatic carbocycles. The van der Waals surface area contributed by atoms with Crippen LogP contribution >= 0.6 is 31.9 Å². The zero-order valence-corrected chi connectivity index (χ0v) is 16.3. The summed E-state index contributed by atoms with van der Waals surface area (Å²) in [4.78, 5) is 12.2. The lowest BCUT2D eigenvalue weighted by molar-refractivity contribution is 0.0941. The van der Waals surface area contributed by atoms with Crippen LogP contribution in [0, 0.1) is 12.7 Å². The van der Waals surface area contributed by atoms with Crippen molar-refractivity contribution in [3.05, 3.63) is 56.5 Å². The third-order valence-electron chi connectivity index (χ3n) is 3.19. The molecule has 0 saturated heterocycles. The Bertz CT molecular complexity index is 771. The van der Waals surface area contributed by atoms with E-state index in [1.54, 1.807) is 44.3 Å². The Morgan fingerprint density at radius 2 is 2.21 bits per heavy atom. The first kappa shape index (κ1) is 18.7. The second-order valence-corrected chi connectivity index (χ2v) is 7.78. The highest BCUT2D eigenvalue weighted by atomic mass is 79.9. The summed E-state index contributed by atoms with van der Waals surface area (Å²) < 4.78 is 22.0. The van der Waals surface area contributed by atoms with E-state index in [2.05, 4.69) is 42.3 Å². The van der Waals surface area contributed by atoms with Crippen molar-refractivity contribution in [1.29, 1.82) is 0 Å². The molecule has 1 aromatic heterocycles.